The van der Waals surface area contributed by atoms with Crippen molar-refractivity contribution in [3.05, 3.63) is 23.8 Å². The Morgan fingerprint density at radius 1 is 1.00 bits per heavy atom. The average molecular weight is 349 g/mol. The van der Waals surface area contributed by atoms with E-state index in [0.29, 0.717) is 12.0 Å². The van der Waals surface area contributed by atoms with Gasteiger partial charge in [0.05, 0.1) is 0 Å². The van der Waals surface area contributed by atoms with Gasteiger partial charge in [0.25, 0.3) is 0 Å². The van der Waals surface area contributed by atoms with Crippen molar-refractivity contribution >= 4 is 24.8 Å². The summed E-state index contributed by atoms with van der Waals surface area (Å²) in [7, 11) is 0. The van der Waals surface area contributed by atoms with Gasteiger partial charge in [0.2, 0.25) is 0 Å². The summed E-state index contributed by atoms with van der Waals surface area (Å²) >= 11 is 0. The molecule has 1 saturated carbocycles. The van der Waals surface area contributed by atoms with E-state index in [4.69, 9.17) is 0 Å². The standard InChI is InChI=1S/C16H24N2O2.2ClH/c19-14-6-5-13(11-15(14)20)16(12-3-1-2-4-12)18-9-7-17-8-10-18;;/h5-6,11-12,16-17,19-20H,1-4,7-10H2;2*1H/t16-;;/m1../s1. The van der Waals surface area contributed by atoms with E-state index in [2.05, 4.69) is 10.2 Å². The van der Waals surface area contributed by atoms with Gasteiger partial charge in [-0.1, -0.05) is 18.9 Å². The first-order valence-electron chi connectivity index (χ1n) is 7.72. The van der Waals surface area contributed by atoms with Crippen molar-refractivity contribution in [3.8, 4) is 11.5 Å². The first-order valence-corrected chi connectivity index (χ1v) is 7.72. The lowest BCUT2D eigenvalue weighted by molar-refractivity contribution is 0.125. The summed E-state index contributed by atoms with van der Waals surface area (Å²) < 4.78 is 0. The number of halogens is 2. The molecule has 0 radical (unpaired) electrons. The highest BCUT2D eigenvalue weighted by molar-refractivity contribution is 5.85. The van der Waals surface area contributed by atoms with Crippen LogP contribution in [0.4, 0.5) is 0 Å². The zero-order valence-corrected chi connectivity index (χ0v) is 14.3. The molecule has 1 heterocycles. The van der Waals surface area contributed by atoms with Crippen LogP contribution in [-0.4, -0.2) is 41.3 Å². The molecule has 0 aromatic heterocycles. The topological polar surface area (TPSA) is 55.7 Å². The number of hydrogen-bond acceptors (Lipinski definition) is 4. The molecular formula is C16H26Cl2N2O2. The van der Waals surface area contributed by atoms with Crippen LogP contribution in [0, 0.1) is 5.92 Å². The molecule has 0 bridgehead atoms. The Bertz CT molecular complexity index is 461. The number of aromatic hydroxyl groups is 2. The lowest BCUT2D eigenvalue weighted by Crippen LogP contribution is -2.46. The lowest BCUT2D eigenvalue weighted by atomic mass is 9.89. The second kappa shape index (κ2) is 8.82. The van der Waals surface area contributed by atoms with Crippen LogP contribution < -0.4 is 5.32 Å². The van der Waals surface area contributed by atoms with Gasteiger partial charge in [-0.2, -0.15) is 0 Å². The Balaban J connectivity index is 0.00000121. The van der Waals surface area contributed by atoms with Crippen molar-refractivity contribution in [2.24, 2.45) is 5.92 Å². The quantitative estimate of drug-likeness (QED) is 0.734. The third-order valence-electron chi connectivity index (χ3n) is 4.73. The van der Waals surface area contributed by atoms with Gasteiger partial charge in [-0.05, 0) is 36.5 Å². The van der Waals surface area contributed by atoms with Crippen molar-refractivity contribution < 1.29 is 10.2 Å². The Morgan fingerprint density at radius 2 is 1.64 bits per heavy atom. The molecule has 1 aliphatic heterocycles. The number of phenols is 2. The van der Waals surface area contributed by atoms with E-state index < -0.39 is 0 Å². The Morgan fingerprint density at radius 3 is 2.23 bits per heavy atom. The summed E-state index contributed by atoms with van der Waals surface area (Å²) in [6.07, 6.45) is 5.18. The summed E-state index contributed by atoms with van der Waals surface area (Å²) in [4.78, 5) is 2.54. The third-order valence-corrected chi connectivity index (χ3v) is 4.73. The van der Waals surface area contributed by atoms with Crippen molar-refractivity contribution in [3.63, 3.8) is 0 Å². The van der Waals surface area contributed by atoms with Gasteiger partial charge < -0.3 is 15.5 Å². The van der Waals surface area contributed by atoms with Crippen LogP contribution in [0.15, 0.2) is 18.2 Å². The number of hydrogen-bond donors (Lipinski definition) is 3. The summed E-state index contributed by atoms with van der Waals surface area (Å²) in [5.41, 5.74) is 1.15. The molecule has 126 valence electrons. The second-order valence-corrected chi connectivity index (χ2v) is 6.02. The number of phenolic OH excluding ortho intramolecular Hbond substituents is 2. The van der Waals surface area contributed by atoms with Gasteiger partial charge in [0.1, 0.15) is 0 Å². The highest BCUT2D eigenvalue weighted by Crippen LogP contribution is 2.41. The minimum atomic E-state index is -0.0285. The maximum absolute atomic E-state index is 9.81. The van der Waals surface area contributed by atoms with Gasteiger partial charge in [0, 0.05) is 32.2 Å². The molecule has 2 aliphatic rings. The van der Waals surface area contributed by atoms with Crippen LogP contribution in [0.5, 0.6) is 11.5 Å². The molecule has 1 aromatic carbocycles. The maximum Gasteiger partial charge on any atom is 0.157 e. The van der Waals surface area contributed by atoms with Crippen LogP contribution in [0.2, 0.25) is 0 Å². The molecule has 0 spiro atoms. The van der Waals surface area contributed by atoms with E-state index in [0.717, 1.165) is 31.7 Å². The third kappa shape index (κ3) is 4.19. The van der Waals surface area contributed by atoms with Crippen LogP contribution in [0.3, 0.4) is 0 Å². The van der Waals surface area contributed by atoms with E-state index in [9.17, 15) is 10.2 Å². The molecule has 6 heteroatoms. The normalized spacial score (nSPS) is 20.9. The molecule has 4 nitrogen and oxygen atoms in total. The smallest absolute Gasteiger partial charge is 0.157 e. The van der Waals surface area contributed by atoms with E-state index in [1.165, 1.54) is 25.7 Å². The van der Waals surface area contributed by atoms with Crippen molar-refractivity contribution in [1.29, 1.82) is 0 Å². The predicted molar refractivity (Wildman–Crippen MR) is 93.4 cm³/mol. The van der Waals surface area contributed by atoms with E-state index >= 15 is 0 Å². The number of rotatable bonds is 3. The van der Waals surface area contributed by atoms with Gasteiger partial charge in [0.15, 0.2) is 11.5 Å². The van der Waals surface area contributed by atoms with Gasteiger partial charge >= 0.3 is 0 Å². The first kappa shape index (κ1) is 19.4. The lowest BCUT2D eigenvalue weighted by Gasteiger charge is -2.38. The molecule has 3 rings (SSSR count). The van der Waals surface area contributed by atoms with Crippen LogP contribution in [0.1, 0.15) is 37.3 Å². The Labute approximate surface area is 144 Å². The highest BCUT2D eigenvalue weighted by atomic mass is 35.5. The van der Waals surface area contributed by atoms with Crippen LogP contribution in [-0.2, 0) is 0 Å². The summed E-state index contributed by atoms with van der Waals surface area (Å²) in [5, 5.41) is 22.7. The summed E-state index contributed by atoms with van der Waals surface area (Å²) in [6.45, 7) is 4.19. The molecule has 2 fully saturated rings. The van der Waals surface area contributed by atoms with Gasteiger partial charge in [-0.3, -0.25) is 4.90 Å². The van der Waals surface area contributed by atoms with E-state index in [-0.39, 0.29) is 36.3 Å². The molecular weight excluding hydrogens is 323 g/mol. The first-order chi connectivity index (χ1) is 9.75. The fraction of sp³-hybridized carbons (Fsp3) is 0.625. The number of nitrogens with one attached hydrogen (secondary N) is 1. The van der Waals surface area contributed by atoms with E-state index in [1.807, 2.05) is 6.07 Å². The molecule has 1 saturated heterocycles. The fourth-order valence-corrected chi connectivity index (χ4v) is 3.74. The van der Waals surface area contributed by atoms with Crippen LogP contribution in [0.25, 0.3) is 0 Å². The molecule has 0 amide bonds. The number of benzene rings is 1. The Kier molecular flexibility index (Phi) is 7.77. The van der Waals surface area contributed by atoms with Crippen molar-refractivity contribution in [2.75, 3.05) is 26.2 Å². The highest BCUT2D eigenvalue weighted by Gasteiger charge is 2.32. The zero-order valence-electron chi connectivity index (χ0n) is 12.7. The zero-order chi connectivity index (χ0) is 13.9. The van der Waals surface area contributed by atoms with E-state index in [1.54, 1.807) is 12.1 Å². The monoisotopic (exact) mass is 348 g/mol. The fourth-order valence-electron chi connectivity index (χ4n) is 3.74. The SMILES string of the molecule is Cl.Cl.Oc1ccc([C@@H](C2CCCC2)N2CCNCC2)cc1O. The minimum Gasteiger partial charge on any atom is -0.504 e. The van der Waals surface area contributed by atoms with Crippen molar-refractivity contribution in [2.45, 2.75) is 31.7 Å². The molecule has 1 atom stereocenters. The summed E-state index contributed by atoms with van der Waals surface area (Å²) in [5.74, 6) is 0.650. The van der Waals surface area contributed by atoms with Gasteiger partial charge in [-0.25, -0.2) is 0 Å². The maximum atomic E-state index is 9.81. The minimum absolute atomic E-state index is 0. The second-order valence-electron chi connectivity index (χ2n) is 6.02. The largest absolute Gasteiger partial charge is 0.504 e. The van der Waals surface area contributed by atoms with Crippen LogP contribution >= 0.6 is 24.8 Å². The van der Waals surface area contributed by atoms with Gasteiger partial charge in [-0.15, -0.1) is 24.8 Å². The molecule has 1 aromatic rings. The molecule has 1 aliphatic carbocycles. The molecule has 22 heavy (non-hydrogen) atoms. The molecule has 0 unspecified atom stereocenters. The number of nitrogens with zero attached hydrogens (tertiary/aromatic N) is 1. The molecule has 3 N–H and O–H groups in total. The average Bonchev–Trinajstić information content (AvgIpc) is 2.98. The number of piperazine rings is 1. The summed E-state index contributed by atoms with van der Waals surface area (Å²) in [6, 6.07) is 5.72. The predicted octanol–water partition coefficient (Wildman–Crippen LogP) is 3.08. The van der Waals surface area contributed by atoms with Crippen molar-refractivity contribution in [1.82, 2.24) is 10.2 Å². The Hall–Kier alpha value is -0.680.